The number of aryl methyl sites for hydroxylation is 1. The minimum atomic E-state index is -0.0855. The van der Waals surface area contributed by atoms with E-state index in [0.717, 1.165) is 6.42 Å². The Bertz CT molecular complexity index is 306. The Morgan fingerprint density at radius 3 is 2.92 bits per heavy atom. The molecule has 0 saturated carbocycles. The van der Waals surface area contributed by atoms with Gasteiger partial charge in [0.2, 0.25) is 5.88 Å². The summed E-state index contributed by atoms with van der Waals surface area (Å²) < 4.78 is 6.29. The van der Waals surface area contributed by atoms with Gasteiger partial charge in [-0.2, -0.15) is 0 Å². The number of rotatable bonds is 3. The van der Waals surface area contributed by atoms with Gasteiger partial charge in [0.25, 0.3) is 5.56 Å². The summed E-state index contributed by atoms with van der Waals surface area (Å²) in [5.41, 5.74) is -0.0855. The molecule has 0 fully saturated rings. The highest BCUT2D eigenvalue weighted by Gasteiger charge is 1.97. The van der Waals surface area contributed by atoms with E-state index in [1.807, 2.05) is 6.92 Å². The van der Waals surface area contributed by atoms with Crippen LogP contribution in [0.3, 0.4) is 0 Å². The van der Waals surface area contributed by atoms with Crippen LogP contribution in [0.1, 0.15) is 13.3 Å². The second kappa shape index (κ2) is 3.90. The van der Waals surface area contributed by atoms with Crippen molar-refractivity contribution in [3.63, 3.8) is 0 Å². The van der Waals surface area contributed by atoms with E-state index in [0.29, 0.717) is 12.4 Å². The van der Waals surface area contributed by atoms with E-state index in [4.69, 9.17) is 4.74 Å². The minimum absolute atomic E-state index is 0.0855. The number of methoxy groups -OCH3 is 1. The van der Waals surface area contributed by atoms with Crippen molar-refractivity contribution in [1.29, 1.82) is 0 Å². The van der Waals surface area contributed by atoms with E-state index in [1.54, 1.807) is 6.07 Å². The quantitative estimate of drug-likeness (QED) is 0.666. The number of ether oxygens (including phenoxy) is 1. The Kier molecular flexibility index (Phi) is 2.85. The predicted molar refractivity (Wildman–Crippen MR) is 45.3 cm³/mol. The van der Waals surface area contributed by atoms with Gasteiger partial charge in [0.1, 0.15) is 0 Å². The van der Waals surface area contributed by atoms with Crippen molar-refractivity contribution in [2.75, 3.05) is 7.11 Å². The molecule has 0 unspecified atom stereocenters. The van der Waals surface area contributed by atoms with Crippen LogP contribution in [-0.4, -0.2) is 16.9 Å². The first-order valence-electron chi connectivity index (χ1n) is 3.90. The molecule has 0 aromatic carbocycles. The Labute approximate surface area is 70.8 Å². The van der Waals surface area contributed by atoms with Crippen molar-refractivity contribution < 1.29 is 4.74 Å². The summed E-state index contributed by atoms with van der Waals surface area (Å²) in [4.78, 5) is 11.1. The monoisotopic (exact) mass is 168 g/mol. The first-order chi connectivity index (χ1) is 5.77. The highest BCUT2D eigenvalue weighted by atomic mass is 16.5. The fourth-order valence-corrected chi connectivity index (χ4v) is 0.911. The van der Waals surface area contributed by atoms with Gasteiger partial charge in [0, 0.05) is 18.7 Å². The molecule has 0 bridgehead atoms. The van der Waals surface area contributed by atoms with Crippen molar-refractivity contribution in [3.8, 4) is 5.88 Å². The van der Waals surface area contributed by atoms with Crippen molar-refractivity contribution >= 4 is 0 Å². The molecule has 0 spiro atoms. The summed E-state index contributed by atoms with van der Waals surface area (Å²) >= 11 is 0. The van der Waals surface area contributed by atoms with E-state index in [-0.39, 0.29) is 5.56 Å². The van der Waals surface area contributed by atoms with Gasteiger partial charge in [-0.15, -0.1) is 5.10 Å². The van der Waals surface area contributed by atoms with Crippen LogP contribution in [0.15, 0.2) is 16.9 Å². The maximum atomic E-state index is 11.1. The zero-order valence-corrected chi connectivity index (χ0v) is 7.28. The lowest BCUT2D eigenvalue weighted by Crippen LogP contribution is -2.21. The van der Waals surface area contributed by atoms with Crippen molar-refractivity contribution in [3.05, 3.63) is 22.5 Å². The molecule has 0 aliphatic rings. The van der Waals surface area contributed by atoms with Gasteiger partial charge in [0.15, 0.2) is 0 Å². The molecular formula is C8H12N2O2. The van der Waals surface area contributed by atoms with Gasteiger partial charge in [-0.25, -0.2) is 4.68 Å². The fourth-order valence-electron chi connectivity index (χ4n) is 0.911. The Morgan fingerprint density at radius 1 is 1.58 bits per heavy atom. The van der Waals surface area contributed by atoms with E-state index < -0.39 is 0 Å². The van der Waals surface area contributed by atoms with Gasteiger partial charge in [-0.3, -0.25) is 4.79 Å². The van der Waals surface area contributed by atoms with E-state index in [1.165, 1.54) is 17.9 Å². The first-order valence-corrected chi connectivity index (χ1v) is 3.90. The van der Waals surface area contributed by atoms with E-state index >= 15 is 0 Å². The summed E-state index contributed by atoms with van der Waals surface area (Å²) in [6.07, 6.45) is 0.889. The SMILES string of the molecule is CCCn1nc(OC)ccc1=O. The summed E-state index contributed by atoms with van der Waals surface area (Å²) in [5, 5.41) is 3.96. The van der Waals surface area contributed by atoms with Gasteiger partial charge in [-0.05, 0) is 6.42 Å². The summed E-state index contributed by atoms with van der Waals surface area (Å²) in [6.45, 7) is 2.63. The minimum Gasteiger partial charge on any atom is -0.480 e. The normalized spacial score (nSPS) is 9.83. The molecule has 0 radical (unpaired) electrons. The highest BCUT2D eigenvalue weighted by molar-refractivity contribution is 5.05. The average molecular weight is 168 g/mol. The summed E-state index contributed by atoms with van der Waals surface area (Å²) in [7, 11) is 1.53. The largest absolute Gasteiger partial charge is 0.480 e. The number of hydrogen-bond acceptors (Lipinski definition) is 3. The zero-order valence-electron chi connectivity index (χ0n) is 7.28. The van der Waals surface area contributed by atoms with Gasteiger partial charge in [0.05, 0.1) is 7.11 Å². The van der Waals surface area contributed by atoms with Crippen LogP contribution in [0.5, 0.6) is 5.88 Å². The average Bonchev–Trinajstić information content (AvgIpc) is 2.09. The second-order valence-electron chi connectivity index (χ2n) is 2.44. The highest BCUT2D eigenvalue weighted by Crippen LogP contribution is 1.99. The van der Waals surface area contributed by atoms with Crippen LogP contribution in [0.25, 0.3) is 0 Å². The van der Waals surface area contributed by atoms with Crippen LogP contribution in [-0.2, 0) is 6.54 Å². The molecule has 0 amide bonds. The number of aromatic nitrogens is 2. The van der Waals surface area contributed by atoms with E-state index in [2.05, 4.69) is 5.10 Å². The molecule has 1 aromatic rings. The smallest absolute Gasteiger partial charge is 0.266 e. The molecule has 0 aliphatic carbocycles. The number of nitrogens with zero attached hydrogens (tertiary/aromatic N) is 2. The van der Waals surface area contributed by atoms with Crippen LogP contribution >= 0.6 is 0 Å². The number of hydrogen-bond donors (Lipinski definition) is 0. The lowest BCUT2D eigenvalue weighted by atomic mass is 10.5. The molecule has 0 atom stereocenters. The van der Waals surface area contributed by atoms with Crippen LogP contribution in [0.4, 0.5) is 0 Å². The lowest BCUT2D eigenvalue weighted by Gasteiger charge is -2.03. The molecule has 0 saturated heterocycles. The summed E-state index contributed by atoms with van der Waals surface area (Å²) in [5.74, 6) is 0.475. The molecule has 12 heavy (non-hydrogen) atoms. The van der Waals surface area contributed by atoms with Gasteiger partial charge in [-0.1, -0.05) is 6.92 Å². The molecular weight excluding hydrogens is 156 g/mol. The lowest BCUT2D eigenvalue weighted by molar-refractivity contribution is 0.375. The van der Waals surface area contributed by atoms with E-state index in [9.17, 15) is 4.79 Å². The third kappa shape index (κ3) is 1.84. The molecule has 4 nitrogen and oxygen atoms in total. The third-order valence-electron chi connectivity index (χ3n) is 1.49. The summed E-state index contributed by atoms with van der Waals surface area (Å²) in [6, 6.07) is 3.02. The standard InChI is InChI=1S/C8H12N2O2/c1-3-6-10-8(11)5-4-7(9-10)12-2/h4-5H,3,6H2,1-2H3. The predicted octanol–water partition coefficient (Wildman–Crippen LogP) is 0.662. The third-order valence-corrected chi connectivity index (χ3v) is 1.49. The van der Waals surface area contributed by atoms with Crippen LogP contribution in [0.2, 0.25) is 0 Å². The molecule has 1 heterocycles. The Balaban J connectivity index is 3.00. The maximum absolute atomic E-state index is 11.1. The maximum Gasteiger partial charge on any atom is 0.266 e. The Hall–Kier alpha value is -1.32. The molecule has 0 aliphatic heterocycles. The molecule has 66 valence electrons. The van der Waals surface area contributed by atoms with Crippen molar-refractivity contribution in [1.82, 2.24) is 9.78 Å². The van der Waals surface area contributed by atoms with Crippen molar-refractivity contribution in [2.24, 2.45) is 0 Å². The van der Waals surface area contributed by atoms with Gasteiger partial charge >= 0.3 is 0 Å². The molecule has 0 N–H and O–H groups in total. The second-order valence-corrected chi connectivity index (χ2v) is 2.44. The van der Waals surface area contributed by atoms with Gasteiger partial charge < -0.3 is 4.74 Å². The Morgan fingerprint density at radius 2 is 2.33 bits per heavy atom. The molecule has 4 heteroatoms. The topological polar surface area (TPSA) is 44.1 Å². The molecule has 1 aromatic heterocycles. The zero-order chi connectivity index (χ0) is 8.97. The van der Waals surface area contributed by atoms with Crippen LogP contribution < -0.4 is 10.3 Å². The molecule has 1 rings (SSSR count). The fraction of sp³-hybridized carbons (Fsp3) is 0.500. The van der Waals surface area contributed by atoms with Crippen molar-refractivity contribution in [2.45, 2.75) is 19.9 Å². The first kappa shape index (κ1) is 8.77. The van der Waals surface area contributed by atoms with Crippen LogP contribution in [0, 0.1) is 0 Å².